The monoisotopic (exact) mass is 167 g/mol. The summed E-state index contributed by atoms with van der Waals surface area (Å²) in [6.45, 7) is 4.02. The lowest BCUT2D eigenvalue weighted by molar-refractivity contribution is 0.722. The zero-order valence-electron chi connectivity index (χ0n) is 7.64. The Morgan fingerprint density at radius 1 is 1.50 bits per heavy atom. The van der Waals surface area contributed by atoms with Gasteiger partial charge in [-0.15, -0.1) is 0 Å². The van der Waals surface area contributed by atoms with Crippen molar-refractivity contribution in [2.45, 2.75) is 26.2 Å². The summed E-state index contributed by atoms with van der Waals surface area (Å²) in [7, 11) is 0. The predicted molar refractivity (Wildman–Crippen MR) is 52.1 cm³/mol. The van der Waals surface area contributed by atoms with Crippen molar-refractivity contribution >= 4 is 5.96 Å². The van der Waals surface area contributed by atoms with Crippen LogP contribution in [0.4, 0.5) is 0 Å². The number of guanidine groups is 1. The van der Waals surface area contributed by atoms with E-state index >= 15 is 0 Å². The second-order valence-corrected chi connectivity index (χ2v) is 2.87. The van der Waals surface area contributed by atoms with Crippen molar-refractivity contribution in [1.29, 1.82) is 0 Å². The van der Waals surface area contributed by atoms with Gasteiger partial charge >= 0.3 is 0 Å². The molecule has 0 amide bonds. The van der Waals surface area contributed by atoms with Crippen LogP contribution in [0.1, 0.15) is 26.2 Å². The van der Waals surface area contributed by atoms with Gasteiger partial charge in [0.05, 0.1) is 0 Å². The van der Waals surface area contributed by atoms with Crippen LogP contribution in [0.2, 0.25) is 0 Å². The highest BCUT2D eigenvalue weighted by atomic mass is 15.2. The highest BCUT2D eigenvalue weighted by Gasteiger charge is 1.96. The van der Waals surface area contributed by atoms with Crippen molar-refractivity contribution in [3.05, 3.63) is 12.3 Å². The standard InChI is InChI=1S/C9H17N3/c1-2-3-4-6-10-9-11-7-5-8-12-9/h5,7H,2-4,6,8H2,1H3,(H2,10,11,12). The van der Waals surface area contributed by atoms with Gasteiger partial charge in [-0.1, -0.05) is 19.8 Å². The molecule has 0 saturated heterocycles. The van der Waals surface area contributed by atoms with Crippen molar-refractivity contribution in [3.63, 3.8) is 0 Å². The van der Waals surface area contributed by atoms with Crippen LogP contribution in [-0.4, -0.2) is 19.0 Å². The maximum atomic E-state index is 4.36. The number of aliphatic imine (C=N–C) groups is 1. The number of unbranched alkanes of at least 4 members (excludes halogenated alkanes) is 2. The summed E-state index contributed by atoms with van der Waals surface area (Å²) in [5.74, 6) is 0.911. The number of nitrogens with one attached hydrogen (secondary N) is 2. The van der Waals surface area contributed by atoms with Crippen molar-refractivity contribution < 1.29 is 0 Å². The third-order valence-corrected chi connectivity index (χ3v) is 1.76. The first-order valence-electron chi connectivity index (χ1n) is 4.63. The molecule has 0 bridgehead atoms. The first kappa shape index (κ1) is 9.10. The molecule has 1 rings (SSSR count). The summed E-state index contributed by atoms with van der Waals surface area (Å²) in [4.78, 5) is 4.36. The Hall–Kier alpha value is -0.990. The van der Waals surface area contributed by atoms with Crippen molar-refractivity contribution in [2.24, 2.45) is 4.99 Å². The fourth-order valence-electron chi connectivity index (χ4n) is 1.06. The maximum Gasteiger partial charge on any atom is 0.195 e. The Bertz CT molecular complexity index is 173. The SMILES string of the molecule is CCCCCN=C1NC=CCN1. The maximum absolute atomic E-state index is 4.36. The summed E-state index contributed by atoms with van der Waals surface area (Å²) in [6.07, 6.45) is 7.67. The van der Waals surface area contributed by atoms with E-state index in [0.717, 1.165) is 19.0 Å². The molecule has 1 aliphatic heterocycles. The molecular formula is C9H17N3. The first-order valence-corrected chi connectivity index (χ1v) is 4.63. The molecule has 0 aromatic rings. The number of nitrogens with zero attached hydrogens (tertiary/aromatic N) is 1. The topological polar surface area (TPSA) is 36.4 Å². The van der Waals surface area contributed by atoms with E-state index in [-0.39, 0.29) is 0 Å². The molecule has 1 aliphatic rings. The van der Waals surface area contributed by atoms with Gasteiger partial charge in [-0.3, -0.25) is 4.99 Å². The average Bonchev–Trinajstić information content (AvgIpc) is 2.14. The molecule has 0 fully saturated rings. The van der Waals surface area contributed by atoms with Gasteiger partial charge in [0, 0.05) is 19.3 Å². The summed E-state index contributed by atoms with van der Waals surface area (Å²) < 4.78 is 0. The molecule has 0 radical (unpaired) electrons. The van der Waals surface area contributed by atoms with Gasteiger partial charge in [0.15, 0.2) is 5.96 Å². The van der Waals surface area contributed by atoms with Crippen LogP contribution in [0, 0.1) is 0 Å². The van der Waals surface area contributed by atoms with Crippen molar-refractivity contribution in [2.75, 3.05) is 13.1 Å². The second-order valence-electron chi connectivity index (χ2n) is 2.87. The Morgan fingerprint density at radius 3 is 3.08 bits per heavy atom. The van der Waals surface area contributed by atoms with E-state index in [0.29, 0.717) is 0 Å². The van der Waals surface area contributed by atoms with E-state index in [9.17, 15) is 0 Å². The summed E-state index contributed by atoms with van der Waals surface area (Å²) in [6, 6.07) is 0. The van der Waals surface area contributed by atoms with Crippen LogP contribution >= 0.6 is 0 Å². The molecule has 0 spiro atoms. The molecule has 0 aromatic carbocycles. The predicted octanol–water partition coefficient (Wildman–Crippen LogP) is 1.24. The van der Waals surface area contributed by atoms with E-state index in [1.54, 1.807) is 0 Å². The minimum Gasteiger partial charge on any atom is -0.353 e. The van der Waals surface area contributed by atoms with Gasteiger partial charge in [-0.25, -0.2) is 0 Å². The Kier molecular flexibility index (Phi) is 4.27. The lowest BCUT2D eigenvalue weighted by atomic mass is 10.2. The molecule has 0 atom stereocenters. The zero-order valence-corrected chi connectivity index (χ0v) is 7.64. The average molecular weight is 167 g/mol. The largest absolute Gasteiger partial charge is 0.353 e. The molecule has 0 unspecified atom stereocenters. The normalized spacial score (nSPS) is 18.9. The first-order chi connectivity index (χ1) is 5.93. The highest BCUT2D eigenvalue weighted by molar-refractivity contribution is 5.81. The third kappa shape index (κ3) is 3.42. The van der Waals surface area contributed by atoms with Gasteiger partial charge in [0.2, 0.25) is 0 Å². The highest BCUT2D eigenvalue weighted by Crippen LogP contribution is 1.93. The minimum absolute atomic E-state index is 0.889. The molecule has 12 heavy (non-hydrogen) atoms. The summed E-state index contributed by atoms with van der Waals surface area (Å²) in [5.41, 5.74) is 0. The molecule has 68 valence electrons. The van der Waals surface area contributed by atoms with E-state index in [2.05, 4.69) is 22.5 Å². The quantitative estimate of drug-likeness (QED) is 0.618. The van der Waals surface area contributed by atoms with Crippen LogP contribution in [0.15, 0.2) is 17.3 Å². The van der Waals surface area contributed by atoms with Gasteiger partial charge in [0.1, 0.15) is 0 Å². The zero-order chi connectivity index (χ0) is 8.65. The Morgan fingerprint density at radius 2 is 2.42 bits per heavy atom. The third-order valence-electron chi connectivity index (χ3n) is 1.76. The van der Waals surface area contributed by atoms with E-state index < -0.39 is 0 Å². The molecule has 2 N–H and O–H groups in total. The fraction of sp³-hybridized carbons (Fsp3) is 0.667. The molecule has 3 nitrogen and oxygen atoms in total. The summed E-state index contributed by atoms with van der Waals surface area (Å²) >= 11 is 0. The summed E-state index contributed by atoms with van der Waals surface area (Å²) in [5, 5.41) is 6.20. The molecule has 0 aliphatic carbocycles. The van der Waals surface area contributed by atoms with Crippen LogP contribution in [0.25, 0.3) is 0 Å². The van der Waals surface area contributed by atoms with Crippen molar-refractivity contribution in [1.82, 2.24) is 10.6 Å². The van der Waals surface area contributed by atoms with Crippen LogP contribution in [0.5, 0.6) is 0 Å². The van der Waals surface area contributed by atoms with Crippen LogP contribution < -0.4 is 10.6 Å². The molecule has 1 heterocycles. The van der Waals surface area contributed by atoms with E-state index in [4.69, 9.17) is 0 Å². The fourth-order valence-corrected chi connectivity index (χ4v) is 1.06. The number of rotatable bonds is 4. The molecular weight excluding hydrogens is 150 g/mol. The lowest BCUT2D eigenvalue weighted by Gasteiger charge is -2.11. The van der Waals surface area contributed by atoms with Crippen LogP contribution in [0.3, 0.4) is 0 Å². The minimum atomic E-state index is 0.889. The van der Waals surface area contributed by atoms with Gasteiger partial charge in [0.25, 0.3) is 0 Å². The molecule has 0 aromatic heterocycles. The van der Waals surface area contributed by atoms with E-state index in [1.165, 1.54) is 19.3 Å². The smallest absolute Gasteiger partial charge is 0.195 e. The van der Waals surface area contributed by atoms with Gasteiger partial charge in [-0.2, -0.15) is 0 Å². The van der Waals surface area contributed by atoms with E-state index in [1.807, 2.05) is 12.3 Å². The molecule has 3 heteroatoms. The molecule has 0 saturated carbocycles. The Labute approximate surface area is 74.0 Å². The lowest BCUT2D eigenvalue weighted by Crippen LogP contribution is -2.37. The van der Waals surface area contributed by atoms with Crippen LogP contribution in [-0.2, 0) is 0 Å². The number of hydrogen-bond acceptors (Lipinski definition) is 1. The second kappa shape index (κ2) is 5.63. The van der Waals surface area contributed by atoms with Crippen molar-refractivity contribution in [3.8, 4) is 0 Å². The Balaban J connectivity index is 2.13. The number of hydrogen-bond donors (Lipinski definition) is 2. The van der Waals surface area contributed by atoms with Gasteiger partial charge < -0.3 is 10.6 Å². The van der Waals surface area contributed by atoms with Gasteiger partial charge in [-0.05, 0) is 12.5 Å².